The van der Waals surface area contributed by atoms with Gasteiger partial charge in [0.05, 0.1) is 11.7 Å². The van der Waals surface area contributed by atoms with Gasteiger partial charge in [0.25, 0.3) is 0 Å². The molecule has 1 atom stereocenters. The number of carbonyl (C=O) groups excluding carboxylic acids is 1. The highest BCUT2D eigenvalue weighted by atomic mass is 16.3. The van der Waals surface area contributed by atoms with Crippen molar-refractivity contribution in [2.24, 2.45) is 0 Å². The summed E-state index contributed by atoms with van der Waals surface area (Å²) in [4.78, 5) is 12.4. The maximum absolute atomic E-state index is 12.4. The van der Waals surface area contributed by atoms with Gasteiger partial charge in [-0.05, 0) is 74.2 Å². The molecule has 2 aromatic rings. The van der Waals surface area contributed by atoms with Crippen molar-refractivity contribution in [1.29, 1.82) is 0 Å². The van der Waals surface area contributed by atoms with Crippen LogP contribution in [-0.4, -0.2) is 32.3 Å². The van der Waals surface area contributed by atoms with Crippen LogP contribution >= 0.6 is 0 Å². The third kappa shape index (κ3) is 6.09. The summed E-state index contributed by atoms with van der Waals surface area (Å²) in [6.45, 7) is 9.41. The summed E-state index contributed by atoms with van der Waals surface area (Å²) in [7, 11) is 0. The van der Waals surface area contributed by atoms with Crippen LogP contribution in [0.4, 0.5) is 0 Å². The van der Waals surface area contributed by atoms with Gasteiger partial charge < -0.3 is 20.4 Å². The van der Waals surface area contributed by atoms with E-state index in [0.29, 0.717) is 28.7 Å². The van der Waals surface area contributed by atoms with E-state index in [1.165, 1.54) is 18.2 Å². The Kier molecular flexibility index (Phi) is 7.61. The molecule has 0 aliphatic heterocycles. The summed E-state index contributed by atoms with van der Waals surface area (Å²) in [5.74, 6) is -0.733. The fourth-order valence-electron chi connectivity index (χ4n) is 2.88. The van der Waals surface area contributed by atoms with Crippen molar-refractivity contribution in [1.82, 2.24) is 0 Å². The quantitative estimate of drug-likeness (QED) is 0.289. The second-order valence-electron chi connectivity index (χ2n) is 7.64. The number of aliphatic hydroxyl groups is 1. The van der Waals surface area contributed by atoms with E-state index in [9.17, 15) is 25.2 Å². The molecule has 0 saturated heterocycles. The number of phenolic OH excluding ortho intramolecular Hbond substituents is 3. The summed E-state index contributed by atoms with van der Waals surface area (Å²) in [6.07, 6.45) is 4.83. The van der Waals surface area contributed by atoms with E-state index in [4.69, 9.17) is 0 Å². The third-order valence-corrected chi connectivity index (χ3v) is 4.68. The van der Waals surface area contributed by atoms with Crippen LogP contribution in [0.1, 0.15) is 47.8 Å². The van der Waals surface area contributed by atoms with Gasteiger partial charge in [-0.25, -0.2) is 0 Å². The molecule has 0 radical (unpaired) electrons. The maximum Gasteiger partial charge on any atom is 0.189 e. The molecule has 0 bridgehead atoms. The lowest BCUT2D eigenvalue weighted by Gasteiger charge is -2.15. The average Bonchev–Trinajstić information content (AvgIpc) is 2.66. The first-order valence-corrected chi connectivity index (χ1v) is 9.64. The minimum atomic E-state index is -0.790. The van der Waals surface area contributed by atoms with E-state index in [0.717, 1.165) is 11.6 Å². The molecule has 0 aliphatic carbocycles. The molecular weight excluding hydrogens is 380 g/mol. The number of hydrogen-bond donors (Lipinski definition) is 4. The fraction of sp³-hybridized carbons (Fsp3) is 0.240. The Morgan fingerprint density at radius 2 is 1.73 bits per heavy atom. The van der Waals surface area contributed by atoms with Crippen molar-refractivity contribution in [3.05, 3.63) is 82.5 Å². The van der Waals surface area contributed by atoms with E-state index in [2.05, 4.69) is 6.58 Å². The monoisotopic (exact) mass is 408 g/mol. The van der Waals surface area contributed by atoms with Gasteiger partial charge in [0.1, 0.15) is 17.2 Å². The smallest absolute Gasteiger partial charge is 0.189 e. The number of hydrogen-bond acceptors (Lipinski definition) is 5. The second kappa shape index (κ2) is 9.94. The number of ketones is 1. The highest BCUT2D eigenvalue weighted by molar-refractivity contribution is 6.08. The zero-order valence-electron chi connectivity index (χ0n) is 17.5. The number of aliphatic hydroxyl groups excluding tert-OH is 1. The third-order valence-electron chi connectivity index (χ3n) is 4.68. The first-order chi connectivity index (χ1) is 14.1. The van der Waals surface area contributed by atoms with Crippen LogP contribution in [-0.2, 0) is 12.8 Å². The highest BCUT2D eigenvalue weighted by Crippen LogP contribution is 2.29. The zero-order valence-corrected chi connectivity index (χ0v) is 17.5. The lowest BCUT2D eigenvalue weighted by atomic mass is 9.95. The first-order valence-electron chi connectivity index (χ1n) is 9.64. The molecule has 0 saturated carbocycles. The number of aromatic hydroxyl groups is 3. The van der Waals surface area contributed by atoms with Gasteiger partial charge in [-0.3, -0.25) is 4.79 Å². The summed E-state index contributed by atoms with van der Waals surface area (Å²) in [5, 5.41) is 40.1. The minimum absolute atomic E-state index is 0.0746. The molecule has 0 heterocycles. The minimum Gasteiger partial charge on any atom is -0.508 e. The molecule has 1 unspecified atom stereocenters. The largest absolute Gasteiger partial charge is 0.508 e. The van der Waals surface area contributed by atoms with Crippen LogP contribution in [0.15, 0.2) is 60.2 Å². The Labute approximate surface area is 177 Å². The van der Waals surface area contributed by atoms with Crippen molar-refractivity contribution in [2.75, 3.05) is 0 Å². The summed E-state index contributed by atoms with van der Waals surface area (Å²) in [5.41, 5.74) is 3.70. The molecular formula is C25H28O5. The van der Waals surface area contributed by atoms with E-state index in [-0.39, 0.29) is 29.2 Å². The first kappa shape index (κ1) is 23.0. The normalized spacial score (nSPS) is 12.0. The summed E-state index contributed by atoms with van der Waals surface area (Å²) >= 11 is 0. The number of benzene rings is 2. The second-order valence-corrected chi connectivity index (χ2v) is 7.64. The molecule has 30 heavy (non-hydrogen) atoms. The highest BCUT2D eigenvalue weighted by Gasteiger charge is 2.14. The van der Waals surface area contributed by atoms with Gasteiger partial charge in [0.15, 0.2) is 5.78 Å². The average molecular weight is 408 g/mol. The zero-order chi connectivity index (χ0) is 22.4. The van der Waals surface area contributed by atoms with Gasteiger partial charge in [-0.2, -0.15) is 0 Å². The van der Waals surface area contributed by atoms with Crippen LogP contribution < -0.4 is 0 Å². The van der Waals surface area contributed by atoms with E-state index >= 15 is 0 Å². The van der Waals surface area contributed by atoms with E-state index < -0.39 is 11.9 Å². The van der Waals surface area contributed by atoms with Gasteiger partial charge in [-0.1, -0.05) is 29.9 Å². The van der Waals surface area contributed by atoms with Crippen molar-refractivity contribution in [2.45, 2.75) is 39.7 Å². The van der Waals surface area contributed by atoms with Crippen molar-refractivity contribution in [3.63, 3.8) is 0 Å². The molecule has 0 aromatic heterocycles. The van der Waals surface area contributed by atoms with Crippen LogP contribution in [0.25, 0.3) is 6.08 Å². The standard InChI is InChI=1S/C25H28O5/c1-15(2)5-7-18-11-17(12-19(25(18)30)13-23(28)16(3)4)6-10-22(27)21-9-8-20(26)14-24(21)29/h5-6,8-12,14,23,26,28-30H,3,7,13H2,1-2,4H3. The van der Waals surface area contributed by atoms with Gasteiger partial charge in [0.2, 0.25) is 0 Å². The fourth-order valence-corrected chi connectivity index (χ4v) is 2.88. The molecule has 5 heteroatoms. The SMILES string of the molecule is C=C(C)C(O)Cc1cc(C=CC(=O)c2ccc(O)cc2O)cc(CC=C(C)C)c1O. The molecule has 0 amide bonds. The maximum atomic E-state index is 12.4. The lowest BCUT2D eigenvalue weighted by Crippen LogP contribution is -2.11. The van der Waals surface area contributed by atoms with E-state index in [1.807, 2.05) is 19.9 Å². The molecule has 0 fully saturated rings. The van der Waals surface area contributed by atoms with Crippen molar-refractivity contribution in [3.8, 4) is 17.2 Å². The predicted octanol–water partition coefficient (Wildman–Crippen LogP) is 4.69. The van der Waals surface area contributed by atoms with Crippen LogP contribution in [0, 0.1) is 0 Å². The molecule has 4 N–H and O–H groups in total. The van der Waals surface area contributed by atoms with Gasteiger partial charge >= 0.3 is 0 Å². The van der Waals surface area contributed by atoms with Crippen LogP contribution in [0.3, 0.4) is 0 Å². The topological polar surface area (TPSA) is 98.0 Å². The predicted molar refractivity (Wildman–Crippen MR) is 119 cm³/mol. The number of rotatable bonds is 8. The molecule has 0 aliphatic rings. The molecule has 158 valence electrons. The van der Waals surface area contributed by atoms with E-state index in [1.54, 1.807) is 25.1 Å². The van der Waals surface area contributed by atoms with Gasteiger partial charge in [0, 0.05) is 12.5 Å². The summed E-state index contributed by atoms with van der Waals surface area (Å²) in [6, 6.07) is 7.29. The number of phenols is 3. The van der Waals surface area contributed by atoms with Crippen LogP contribution in [0.5, 0.6) is 17.2 Å². The Morgan fingerprint density at radius 1 is 1.07 bits per heavy atom. The lowest BCUT2D eigenvalue weighted by molar-refractivity contribution is 0.104. The molecule has 5 nitrogen and oxygen atoms in total. The Balaban J connectivity index is 2.40. The molecule has 2 rings (SSSR count). The van der Waals surface area contributed by atoms with Gasteiger partial charge in [-0.15, -0.1) is 0 Å². The van der Waals surface area contributed by atoms with Crippen LogP contribution in [0.2, 0.25) is 0 Å². The Hall–Kier alpha value is -3.31. The number of allylic oxidation sites excluding steroid dienone is 3. The Morgan fingerprint density at radius 3 is 2.33 bits per heavy atom. The Bertz CT molecular complexity index is 1010. The molecule has 2 aromatic carbocycles. The van der Waals surface area contributed by atoms with Crippen molar-refractivity contribution < 1.29 is 25.2 Å². The van der Waals surface area contributed by atoms with Crippen molar-refractivity contribution >= 4 is 11.9 Å². The summed E-state index contributed by atoms with van der Waals surface area (Å²) < 4.78 is 0. The number of carbonyl (C=O) groups is 1. The molecule has 0 spiro atoms.